The zero-order chi connectivity index (χ0) is 10.9. The lowest BCUT2D eigenvalue weighted by atomic mass is 9.85. The quantitative estimate of drug-likeness (QED) is 0.768. The predicted molar refractivity (Wildman–Crippen MR) is 65.1 cm³/mol. The zero-order valence-corrected chi connectivity index (χ0v) is 10.6. The molecule has 0 aromatic carbocycles. The number of nitrogens with one attached hydrogen (secondary N) is 1. The number of hydrogen-bond acceptors (Lipinski definition) is 2. The summed E-state index contributed by atoms with van der Waals surface area (Å²) in [5, 5.41) is 3.50. The van der Waals surface area contributed by atoms with E-state index in [1.165, 1.54) is 45.3 Å². The Morgan fingerprint density at radius 2 is 2.13 bits per heavy atom. The van der Waals surface area contributed by atoms with Crippen LogP contribution in [0, 0.1) is 5.41 Å². The van der Waals surface area contributed by atoms with Crippen molar-refractivity contribution in [2.24, 2.45) is 5.41 Å². The molecule has 1 saturated carbocycles. The van der Waals surface area contributed by atoms with Crippen LogP contribution in [0.4, 0.5) is 0 Å². The van der Waals surface area contributed by atoms with Gasteiger partial charge in [-0.2, -0.15) is 0 Å². The van der Waals surface area contributed by atoms with Crippen LogP contribution in [0.5, 0.6) is 0 Å². The molecule has 0 spiro atoms. The molecule has 1 heterocycles. The van der Waals surface area contributed by atoms with E-state index in [-0.39, 0.29) is 0 Å². The highest BCUT2D eigenvalue weighted by Crippen LogP contribution is 2.41. The molecule has 2 unspecified atom stereocenters. The summed E-state index contributed by atoms with van der Waals surface area (Å²) >= 11 is 0. The lowest BCUT2D eigenvalue weighted by Gasteiger charge is -2.40. The van der Waals surface area contributed by atoms with Gasteiger partial charge in [0.05, 0.1) is 0 Å². The normalized spacial score (nSPS) is 35.2. The van der Waals surface area contributed by atoms with E-state index in [9.17, 15) is 0 Å². The fourth-order valence-electron chi connectivity index (χ4n) is 3.58. The summed E-state index contributed by atoms with van der Waals surface area (Å²) in [6.45, 7) is 10.9. The van der Waals surface area contributed by atoms with Crippen LogP contribution in [0.1, 0.15) is 46.5 Å². The summed E-state index contributed by atoms with van der Waals surface area (Å²) in [4.78, 5) is 2.77. The first-order valence-corrected chi connectivity index (χ1v) is 6.61. The minimum atomic E-state index is 0.540. The second-order valence-electron chi connectivity index (χ2n) is 5.87. The van der Waals surface area contributed by atoms with E-state index in [0.717, 1.165) is 12.1 Å². The van der Waals surface area contributed by atoms with E-state index in [0.29, 0.717) is 5.41 Å². The van der Waals surface area contributed by atoms with Gasteiger partial charge in [0.2, 0.25) is 0 Å². The van der Waals surface area contributed by atoms with E-state index in [4.69, 9.17) is 0 Å². The van der Waals surface area contributed by atoms with Crippen LogP contribution in [-0.2, 0) is 0 Å². The van der Waals surface area contributed by atoms with Crippen LogP contribution < -0.4 is 5.32 Å². The van der Waals surface area contributed by atoms with Gasteiger partial charge in [-0.05, 0) is 37.8 Å². The van der Waals surface area contributed by atoms with Crippen LogP contribution in [0.2, 0.25) is 0 Å². The number of likely N-dealkylation sites (N-methyl/N-ethyl adjacent to an activating group) is 1. The molecule has 2 rings (SSSR count). The molecule has 1 aliphatic carbocycles. The Labute approximate surface area is 94.4 Å². The maximum absolute atomic E-state index is 3.50. The number of nitrogens with zero attached hydrogens (tertiary/aromatic N) is 1. The second-order valence-corrected chi connectivity index (χ2v) is 5.87. The molecule has 2 fully saturated rings. The van der Waals surface area contributed by atoms with Gasteiger partial charge in [-0.1, -0.05) is 27.2 Å². The molecule has 0 bridgehead atoms. The maximum atomic E-state index is 3.50. The van der Waals surface area contributed by atoms with Gasteiger partial charge >= 0.3 is 0 Å². The number of rotatable bonds is 3. The minimum absolute atomic E-state index is 0.540. The highest BCUT2D eigenvalue weighted by molar-refractivity contribution is 4.95. The van der Waals surface area contributed by atoms with E-state index >= 15 is 0 Å². The Bertz CT molecular complexity index is 207. The molecule has 2 heteroatoms. The zero-order valence-electron chi connectivity index (χ0n) is 10.6. The third-order valence-corrected chi connectivity index (χ3v) is 4.47. The van der Waals surface area contributed by atoms with Crippen molar-refractivity contribution >= 4 is 0 Å². The van der Waals surface area contributed by atoms with E-state index in [1.54, 1.807) is 0 Å². The van der Waals surface area contributed by atoms with Crippen LogP contribution in [0.3, 0.4) is 0 Å². The molecule has 0 aromatic rings. The molecular formula is C13H26N2. The number of hydrogen-bond donors (Lipinski definition) is 1. The summed E-state index contributed by atoms with van der Waals surface area (Å²) in [5.41, 5.74) is 0.540. The predicted octanol–water partition coefficient (Wildman–Crippen LogP) is 2.25. The van der Waals surface area contributed by atoms with E-state index < -0.39 is 0 Å². The van der Waals surface area contributed by atoms with Gasteiger partial charge in [0, 0.05) is 18.6 Å². The SMILES string of the molecule is CCN(C1CCNC1)C1CCCC1(C)C. The van der Waals surface area contributed by atoms with Crippen LogP contribution in [0.25, 0.3) is 0 Å². The summed E-state index contributed by atoms with van der Waals surface area (Å²) in [6, 6.07) is 1.63. The Kier molecular flexibility index (Phi) is 3.36. The summed E-state index contributed by atoms with van der Waals surface area (Å²) in [6.07, 6.45) is 5.60. The molecule has 88 valence electrons. The van der Waals surface area contributed by atoms with Crippen molar-refractivity contribution in [1.29, 1.82) is 0 Å². The summed E-state index contributed by atoms with van der Waals surface area (Å²) in [5.74, 6) is 0. The van der Waals surface area contributed by atoms with Gasteiger partial charge in [-0.15, -0.1) is 0 Å². The van der Waals surface area contributed by atoms with Crippen LogP contribution in [0.15, 0.2) is 0 Å². The largest absolute Gasteiger partial charge is 0.315 e. The van der Waals surface area contributed by atoms with Gasteiger partial charge in [0.15, 0.2) is 0 Å². The summed E-state index contributed by atoms with van der Waals surface area (Å²) < 4.78 is 0. The molecule has 1 saturated heterocycles. The third-order valence-electron chi connectivity index (χ3n) is 4.47. The first-order chi connectivity index (χ1) is 7.15. The highest BCUT2D eigenvalue weighted by atomic mass is 15.2. The fourth-order valence-corrected chi connectivity index (χ4v) is 3.58. The van der Waals surface area contributed by atoms with Crippen molar-refractivity contribution in [2.75, 3.05) is 19.6 Å². The van der Waals surface area contributed by atoms with Gasteiger partial charge in [0.25, 0.3) is 0 Å². The van der Waals surface area contributed by atoms with Crippen LogP contribution in [-0.4, -0.2) is 36.6 Å². The summed E-state index contributed by atoms with van der Waals surface area (Å²) in [7, 11) is 0. The monoisotopic (exact) mass is 210 g/mol. The lowest BCUT2D eigenvalue weighted by molar-refractivity contribution is 0.0820. The minimum Gasteiger partial charge on any atom is -0.315 e. The Morgan fingerprint density at radius 3 is 2.60 bits per heavy atom. The third kappa shape index (κ3) is 2.21. The standard InChI is InChI=1S/C13H26N2/c1-4-15(11-7-9-14-10-11)12-6-5-8-13(12,2)3/h11-12,14H,4-10H2,1-3H3. The fraction of sp³-hybridized carbons (Fsp3) is 1.00. The first-order valence-electron chi connectivity index (χ1n) is 6.61. The molecule has 0 radical (unpaired) electrons. The molecule has 0 amide bonds. The average Bonchev–Trinajstić information content (AvgIpc) is 2.78. The van der Waals surface area contributed by atoms with Gasteiger partial charge < -0.3 is 5.32 Å². The molecule has 2 nitrogen and oxygen atoms in total. The lowest BCUT2D eigenvalue weighted by Crippen LogP contribution is -2.48. The van der Waals surface area contributed by atoms with Crippen molar-refractivity contribution in [3.05, 3.63) is 0 Å². The van der Waals surface area contributed by atoms with Crippen LogP contribution >= 0.6 is 0 Å². The molecule has 2 aliphatic rings. The molecule has 15 heavy (non-hydrogen) atoms. The highest BCUT2D eigenvalue weighted by Gasteiger charge is 2.40. The van der Waals surface area contributed by atoms with Crippen molar-refractivity contribution in [2.45, 2.75) is 58.5 Å². The Hall–Kier alpha value is -0.0800. The Morgan fingerprint density at radius 1 is 1.33 bits per heavy atom. The molecule has 0 aromatic heterocycles. The molecule has 1 N–H and O–H groups in total. The van der Waals surface area contributed by atoms with Crippen molar-refractivity contribution in [3.8, 4) is 0 Å². The second kappa shape index (κ2) is 4.42. The Balaban J connectivity index is 2.05. The molecule has 2 atom stereocenters. The molecular weight excluding hydrogens is 184 g/mol. The first kappa shape index (κ1) is 11.4. The topological polar surface area (TPSA) is 15.3 Å². The van der Waals surface area contributed by atoms with Gasteiger partial charge in [-0.25, -0.2) is 0 Å². The van der Waals surface area contributed by atoms with Crippen molar-refractivity contribution < 1.29 is 0 Å². The van der Waals surface area contributed by atoms with E-state index in [1.807, 2.05) is 0 Å². The average molecular weight is 210 g/mol. The smallest absolute Gasteiger partial charge is 0.0235 e. The molecule has 1 aliphatic heterocycles. The van der Waals surface area contributed by atoms with Gasteiger partial charge in [0.1, 0.15) is 0 Å². The van der Waals surface area contributed by atoms with E-state index in [2.05, 4.69) is 31.0 Å². The van der Waals surface area contributed by atoms with Crippen molar-refractivity contribution in [3.63, 3.8) is 0 Å². The maximum Gasteiger partial charge on any atom is 0.0235 e. The van der Waals surface area contributed by atoms with Crippen molar-refractivity contribution in [1.82, 2.24) is 10.2 Å². The van der Waals surface area contributed by atoms with Gasteiger partial charge in [-0.3, -0.25) is 4.90 Å².